The Morgan fingerprint density at radius 2 is 2.00 bits per heavy atom. The van der Waals surface area contributed by atoms with Gasteiger partial charge in [-0.05, 0) is 11.6 Å². The standard InChI is InChI=1S/C15H12N2O3S/c18-12-6-10(9-4-2-1-3-5-9)7-16-13(12)14-17-11(8-21-14)15(19)20/h1-7,11,18H,8H2,(H,19,20). The molecule has 1 aliphatic rings. The lowest BCUT2D eigenvalue weighted by Crippen LogP contribution is -2.17. The van der Waals surface area contributed by atoms with Crippen molar-refractivity contribution >= 4 is 22.8 Å². The molecule has 0 spiro atoms. The zero-order valence-corrected chi connectivity index (χ0v) is 11.7. The molecule has 0 saturated carbocycles. The highest BCUT2D eigenvalue weighted by atomic mass is 32.2. The molecule has 0 fully saturated rings. The molecule has 3 rings (SSSR count). The second-order valence-electron chi connectivity index (χ2n) is 4.56. The van der Waals surface area contributed by atoms with E-state index in [1.54, 1.807) is 12.3 Å². The van der Waals surface area contributed by atoms with Crippen molar-refractivity contribution in [3.63, 3.8) is 0 Å². The fraction of sp³-hybridized carbons (Fsp3) is 0.133. The predicted octanol–water partition coefficient (Wildman–Crippen LogP) is 2.40. The summed E-state index contributed by atoms with van der Waals surface area (Å²) in [4.78, 5) is 19.2. The van der Waals surface area contributed by atoms with E-state index in [4.69, 9.17) is 5.11 Å². The van der Waals surface area contributed by atoms with Crippen LogP contribution in [0.5, 0.6) is 5.75 Å². The number of carboxylic acid groups (broad SMARTS) is 1. The average molecular weight is 300 g/mol. The van der Waals surface area contributed by atoms with Crippen LogP contribution in [0.3, 0.4) is 0 Å². The van der Waals surface area contributed by atoms with E-state index in [2.05, 4.69) is 9.98 Å². The lowest BCUT2D eigenvalue weighted by atomic mass is 10.1. The summed E-state index contributed by atoms with van der Waals surface area (Å²) in [6.45, 7) is 0. The normalized spacial score (nSPS) is 17.5. The predicted molar refractivity (Wildman–Crippen MR) is 81.8 cm³/mol. The largest absolute Gasteiger partial charge is 0.506 e. The number of aromatic hydroxyl groups is 1. The van der Waals surface area contributed by atoms with Gasteiger partial charge in [-0.2, -0.15) is 0 Å². The van der Waals surface area contributed by atoms with Crippen molar-refractivity contribution < 1.29 is 15.0 Å². The summed E-state index contributed by atoms with van der Waals surface area (Å²) in [5.74, 6) is -0.585. The summed E-state index contributed by atoms with van der Waals surface area (Å²) in [6.07, 6.45) is 1.65. The molecule has 2 aromatic rings. The van der Waals surface area contributed by atoms with Crippen LogP contribution in [0.2, 0.25) is 0 Å². The number of nitrogens with zero attached hydrogens (tertiary/aromatic N) is 2. The monoisotopic (exact) mass is 300 g/mol. The Morgan fingerprint density at radius 1 is 1.24 bits per heavy atom. The Hall–Kier alpha value is -2.34. The average Bonchev–Trinajstić information content (AvgIpc) is 2.98. The fourth-order valence-corrected chi connectivity index (χ4v) is 3.06. The quantitative estimate of drug-likeness (QED) is 0.909. The smallest absolute Gasteiger partial charge is 0.329 e. The lowest BCUT2D eigenvalue weighted by molar-refractivity contribution is -0.137. The van der Waals surface area contributed by atoms with Crippen molar-refractivity contribution in [1.29, 1.82) is 0 Å². The van der Waals surface area contributed by atoms with Crippen LogP contribution in [0.15, 0.2) is 47.6 Å². The van der Waals surface area contributed by atoms with Gasteiger partial charge in [0.25, 0.3) is 0 Å². The van der Waals surface area contributed by atoms with E-state index >= 15 is 0 Å². The molecule has 1 atom stereocenters. The summed E-state index contributed by atoms with van der Waals surface area (Å²) in [6, 6.07) is 10.5. The van der Waals surface area contributed by atoms with Gasteiger partial charge in [0.05, 0.1) is 0 Å². The van der Waals surface area contributed by atoms with Crippen molar-refractivity contribution in [2.24, 2.45) is 4.99 Å². The van der Waals surface area contributed by atoms with Crippen LogP contribution < -0.4 is 0 Å². The Morgan fingerprint density at radius 3 is 2.62 bits per heavy atom. The molecule has 2 N–H and O–H groups in total. The van der Waals surface area contributed by atoms with Gasteiger partial charge in [0.1, 0.15) is 16.5 Å². The second kappa shape index (κ2) is 5.57. The summed E-state index contributed by atoms with van der Waals surface area (Å²) >= 11 is 1.29. The Kier molecular flexibility index (Phi) is 3.62. The number of aliphatic imine (C=N–C) groups is 1. The highest BCUT2D eigenvalue weighted by molar-refractivity contribution is 8.14. The molecule has 6 heteroatoms. The van der Waals surface area contributed by atoms with Gasteiger partial charge in [-0.15, -0.1) is 11.8 Å². The molecule has 1 aromatic heterocycles. The molecule has 1 unspecified atom stereocenters. The number of hydrogen-bond acceptors (Lipinski definition) is 5. The highest BCUT2D eigenvalue weighted by Gasteiger charge is 2.27. The molecule has 0 bridgehead atoms. The van der Waals surface area contributed by atoms with Crippen LogP contribution in [-0.4, -0.2) is 38.0 Å². The van der Waals surface area contributed by atoms with Crippen molar-refractivity contribution in [1.82, 2.24) is 4.98 Å². The summed E-state index contributed by atoms with van der Waals surface area (Å²) < 4.78 is 0. The molecule has 0 saturated heterocycles. The number of rotatable bonds is 3. The maximum atomic E-state index is 10.9. The summed E-state index contributed by atoms with van der Waals surface area (Å²) in [7, 11) is 0. The van der Waals surface area contributed by atoms with E-state index in [9.17, 15) is 9.90 Å². The molecule has 0 radical (unpaired) electrons. The second-order valence-corrected chi connectivity index (χ2v) is 5.57. The molecule has 5 nitrogen and oxygen atoms in total. The molecule has 1 aromatic carbocycles. The number of hydrogen-bond donors (Lipinski definition) is 2. The van der Waals surface area contributed by atoms with Crippen molar-refractivity contribution in [2.45, 2.75) is 6.04 Å². The third-order valence-corrected chi connectivity index (χ3v) is 4.17. The molecule has 1 aliphatic heterocycles. The molecule has 0 aliphatic carbocycles. The molecular weight excluding hydrogens is 288 g/mol. The Balaban J connectivity index is 1.93. The van der Waals surface area contributed by atoms with E-state index in [-0.39, 0.29) is 5.75 Å². The number of pyridine rings is 1. The number of carbonyl (C=O) groups is 1. The van der Waals surface area contributed by atoms with E-state index < -0.39 is 12.0 Å². The first-order valence-electron chi connectivity index (χ1n) is 6.33. The third kappa shape index (κ3) is 2.75. The maximum Gasteiger partial charge on any atom is 0.329 e. The van der Waals surface area contributed by atoms with E-state index in [0.717, 1.165) is 11.1 Å². The first-order chi connectivity index (χ1) is 10.1. The molecule has 106 valence electrons. The van der Waals surface area contributed by atoms with E-state index in [1.165, 1.54) is 11.8 Å². The van der Waals surface area contributed by atoms with Crippen molar-refractivity contribution in [2.75, 3.05) is 5.75 Å². The number of carboxylic acids is 1. The van der Waals surface area contributed by atoms with Gasteiger partial charge in [-0.3, -0.25) is 4.99 Å². The van der Waals surface area contributed by atoms with Crippen LogP contribution in [-0.2, 0) is 4.79 Å². The van der Waals surface area contributed by atoms with Gasteiger partial charge < -0.3 is 10.2 Å². The van der Waals surface area contributed by atoms with Gasteiger partial charge in [0, 0.05) is 17.5 Å². The first kappa shape index (κ1) is 13.6. The molecular formula is C15H12N2O3S. The van der Waals surface area contributed by atoms with E-state index in [1.807, 2.05) is 30.3 Å². The highest BCUT2D eigenvalue weighted by Crippen LogP contribution is 2.30. The van der Waals surface area contributed by atoms with Crippen LogP contribution >= 0.6 is 11.8 Å². The van der Waals surface area contributed by atoms with Gasteiger partial charge in [0.2, 0.25) is 0 Å². The van der Waals surface area contributed by atoms with Crippen LogP contribution in [0.1, 0.15) is 5.69 Å². The van der Waals surface area contributed by atoms with Crippen molar-refractivity contribution in [3.8, 4) is 16.9 Å². The Labute approximate surface area is 125 Å². The van der Waals surface area contributed by atoms with Gasteiger partial charge in [-0.25, -0.2) is 9.78 Å². The first-order valence-corrected chi connectivity index (χ1v) is 7.32. The molecule has 0 amide bonds. The fourth-order valence-electron chi connectivity index (χ4n) is 2.04. The molecule has 2 heterocycles. The third-order valence-electron chi connectivity index (χ3n) is 3.11. The minimum absolute atomic E-state index is 0.00800. The number of aromatic nitrogens is 1. The van der Waals surface area contributed by atoms with Gasteiger partial charge in [0.15, 0.2) is 6.04 Å². The minimum atomic E-state index is -0.960. The zero-order valence-electron chi connectivity index (χ0n) is 10.9. The van der Waals surface area contributed by atoms with Gasteiger partial charge >= 0.3 is 5.97 Å². The van der Waals surface area contributed by atoms with Crippen molar-refractivity contribution in [3.05, 3.63) is 48.3 Å². The SMILES string of the molecule is O=C(O)C1CSC(c2ncc(-c3ccccc3)cc2O)=N1. The summed E-state index contributed by atoms with van der Waals surface area (Å²) in [5, 5.41) is 19.5. The van der Waals surface area contributed by atoms with Crippen LogP contribution in [0.25, 0.3) is 11.1 Å². The number of aliphatic carboxylic acids is 1. The van der Waals surface area contributed by atoms with Crippen LogP contribution in [0.4, 0.5) is 0 Å². The van der Waals surface area contributed by atoms with E-state index in [0.29, 0.717) is 16.5 Å². The lowest BCUT2D eigenvalue weighted by Gasteiger charge is -2.06. The minimum Gasteiger partial charge on any atom is -0.506 e. The molecule has 21 heavy (non-hydrogen) atoms. The van der Waals surface area contributed by atoms with Gasteiger partial charge in [-0.1, -0.05) is 30.3 Å². The van der Waals surface area contributed by atoms with Crippen LogP contribution in [0, 0.1) is 0 Å². The zero-order chi connectivity index (χ0) is 14.8. The number of thioether (sulfide) groups is 1. The summed E-state index contributed by atoms with van der Waals surface area (Å²) in [5.41, 5.74) is 2.09. The maximum absolute atomic E-state index is 10.9. The topological polar surface area (TPSA) is 82.8 Å². The Bertz CT molecular complexity index is 716. The number of benzene rings is 1.